The Morgan fingerprint density at radius 1 is 1.30 bits per heavy atom. The Hall–Kier alpha value is -2.54. The number of aryl methyl sites for hydroxylation is 1. The molecule has 0 aromatic carbocycles. The fourth-order valence-electron chi connectivity index (χ4n) is 3.07. The second-order valence-corrected chi connectivity index (χ2v) is 8.97. The highest BCUT2D eigenvalue weighted by atomic mass is 19.1. The first kappa shape index (κ1) is 23.7. The third-order valence-electron chi connectivity index (χ3n) is 4.67. The molecule has 2 atom stereocenters. The molecule has 2 rings (SSSR count). The van der Waals surface area contributed by atoms with Crippen LogP contribution in [0.4, 0.5) is 4.39 Å². The Kier molecular flexibility index (Phi) is 7.53. The maximum Gasteiger partial charge on any atom is 0.315 e. The number of halogens is 1. The number of esters is 1. The van der Waals surface area contributed by atoms with Gasteiger partial charge in [-0.3, -0.25) is 9.78 Å². The van der Waals surface area contributed by atoms with E-state index in [0.29, 0.717) is 35.7 Å². The number of pyridine rings is 2. The molecule has 0 saturated heterocycles. The number of nitrogens with two attached hydrogens (primary N) is 1. The summed E-state index contributed by atoms with van der Waals surface area (Å²) < 4.78 is 25.6. The summed E-state index contributed by atoms with van der Waals surface area (Å²) >= 11 is 0. The Bertz CT molecular complexity index is 882. The van der Waals surface area contributed by atoms with Crippen molar-refractivity contribution in [1.29, 1.82) is 0 Å². The van der Waals surface area contributed by atoms with E-state index < -0.39 is 16.8 Å². The van der Waals surface area contributed by atoms with Crippen molar-refractivity contribution in [3.63, 3.8) is 0 Å². The lowest BCUT2D eigenvalue weighted by Crippen LogP contribution is -2.41. The second kappa shape index (κ2) is 9.51. The fourth-order valence-corrected chi connectivity index (χ4v) is 3.07. The van der Waals surface area contributed by atoms with Crippen LogP contribution in [-0.2, 0) is 9.53 Å². The lowest BCUT2D eigenvalue weighted by Gasteiger charge is -2.33. The van der Waals surface area contributed by atoms with E-state index in [1.54, 1.807) is 19.1 Å². The van der Waals surface area contributed by atoms with Crippen molar-refractivity contribution in [2.75, 3.05) is 13.2 Å². The first-order chi connectivity index (χ1) is 13.9. The molecular formula is C23H31FN3O3. The Labute approximate surface area is 178 Å². The van der Waals surface area contributed by atoms with Crippen LogP contribution in [0.2, 0.25) is 0 Å². The van der Waals surface area contributed by atoms with Gasteiger partial charge in [0.05, 0.1) is 29.2 Å². The molecule has 163 valence electrons. The van der Waals surface area contributed by atoms with Gasteiger partial charge in [0, 0.05) is 5.56 Å². The number of hydrogen-bond donors (Lipinski definition) is 1. The Morgan fingerprint density at radius 2 is 2.00 bits per heavy atom. The van der Waals surface area contributed by atoms with Gasteiger partial charge in [0.15, 0.2) is 5.82 Å². The largest absolute Gasteiger partial charge is 0.491 e. The van der Waals surface area contributed by atoms with Crippen LogP contribution in [0.5, 0.6) is 5.75 Å². The highest BCUT2D eigenvalue weighted by molar-refractivity contribution is 5.77. The number of nitrogens with zero attached hydrogens (tertiary/aromatic N) is 2. The lowest BCUT2D eigenvalue weighted by molar-refractivity contribution is -0.169. The normalized spacial score (nSPS) is 14.7. The van der Waals surface area contributed by atoms with Crippen LogP contribution >= 0.6 is 0 Å². The van der Waals surface area contributed by atoms with Crippen molar-refractivity contribution >= 4 is 5.97 Å². The van der Waals surface area contributed by atoms with Crippen LogP contribution in [0.25, 0.3) is 11.3 Å². The summed E-state index contributed by atoms with van der Waals surface area (Å²) in [4.78, 5) is 21.0. The van der Waals surface area contributed by atoms with Crippen molar-refractivity contribution in [2.24, 2.45) is 17.1 Å². The Morgan fingerprint density at radius 3 is 2.57 bits per heavy atom. The highest BCUT2D eigenvalue weighted by Crippen LogP contribution is 2.32. The van der Waals surface area contributed by atoms with E-state index in [-0.39, 0.29) is 18.5 Å². The molecule has 0 bridgehead atoms. The van der Waals surface area contributed by atoms with E-state index in [1.165, 1.54) is 6.07 Å². The van der Waals surface area contributed by atoms with Crippen LogP contribution in [0.1, 0.15) is 46.7 Å². The zero-order valence-electron chi connectivity index (χ0n) is 18.6. The first-order valence-corrected chi connectivity index (χ1v) is 10.0. The van der Waals surface area contributed by atoms with Crippen molar-refractivity contribution in [2.45, 2.75) is 53.6 Å². The lowest BCUT2D eigenvalue weighted by atomic mass is 9.82. The third kappa shape index (κ3) is 6.23. The molecule has 0 aliphatic carbocycles. The van der Waals surface area contributed by atoms with Gasteiger partial charge in [-0.25, -0.2) is 9.37 Å². The van der Waals surface area contributed by atoms with Crippen LogP contribution in [0.3, 0.4) is 0 Å². The average molecular weight is 417 g/mol. The van der Waals surface area contributed by atoms with E-state index in [9.17, 15) is 9.18 Å². The van der Waals surface area contributed by atoms with Gasteiger partial charge in [0.1, 0.15) is 18.0 Å². The van der Waals surface area contributed by atoms with E-state index in [4.69, 9.17) is 15.2 Å². The van der Waals surface area contributed by atoms with Gasteiger partial charge >= 0.3 is 5.97 Å². The van der Waals surface area contributed by atoms with Crippen LogP contribution in [0.15, 0.2) is 24.4 Å². The zero-order valence-corrected chi connectivity index (χ0v) is 18.6. The molecule has 2 aromatic rings. The molecular weight excluding hydrogens is 385 g/mol. The summed E-state index contributed by atoms with van der Waals surface area (Å²) in [6.45, 7) is 11.7. The van der Waals surface area contributed by atoms with Crippen molar-refractivity contribution in [3.8, 4) is 17.0 Å². The maximum atomic E-state index is 14.0. The molecule has 0 spiro atoms. The first-order valence-electron chi connectivity index (χ1n) is 10.0. The van der Waals surface area contributed by atoms with E-state index in [1.807, 2.05) is 34.6 Å². The zero-order chi connectivity index (χ0) is 22.5. The molecule has 1 radical (unpaired) electrons. The van der Waals surface area contributed by atoms with Crippen molar-refractivity contribution in [1.82, 2.24) is 9.97 Å². The van der Waals surface area contributed by atoms with Gasteiger partial charge in [-0.1, -0.05) is 6.92 Å². The monoisotopic (exact) mass is 416 g/mol. The average Bonchev–Trinajstić information content (AvgIpc) is 2.66. The van der Waals surface area contributed by atoms with Gasteiger partial charge in [0.25, 0.3) is 0 Å². The minimum absolute atomic E-state index is 0.117. The molecule has 0 saturated carbocycles. The van der Waals surface area contributed by atoms with Crippen molar-refractivity contribution < 1.29 is 18.7 Å². The van der Waals surface area contributed by atoms with Gasteiger partial charge in [0.2, 0.25) is 0 Å². The van der Waals surface area contributed by atoms with Gasteiger partial charge < -0.3 is 15.2 Å². The van der Waals surface area contributed by atoms with E-state index in [0.717, 1.165) is 6.20 Å². The SMILES string of the molecule is Cc1nc(-c2c[c]ncc2F)ccc1OCC(C)(CC(C)CN)C(=O)OC(C)(C)C. The van der Waals surface area contributed by atoms with Crippen LogP contribution < -0.4 is 10.5 Å². The van der Waals surface area contributed by atoms with E-state index >= 15 is 0 Å². The molecule has 6 nitrogen and oxygen atoms in total. The topological polar surface area (TPSA) is 87.3 Å². The summed E-state index contributed by atoms with van der Waals surface area (Å²) in [6, 6.07) is 4.84. The molecule has 2 aromatic heterocycles. The Balaban J connectivity index is 2.22. The molecule has 0 fully saturated rings. The number of carbonyl (C=O) groups is 1. The summed E-state index contributed by atoms with van der Waals surface area (Å²) in [7, 11) is 0. The smallest absolute Gasteiger partial charge is 0.315 e. The molecule has 0 aliphatic heterocycles. The van der Waals surface area contributed by atoms with Crippen LogP contribution in [0, 0.1) is 30.3 Å². The molecule has 0 aliphatic rings. The highest BCUT2D eigenvalue weighted by Gasteiger charge is 2.39. The number of ether oxygens (including phenoxy) is 2. The summed E-state index contributed by atoms with van der Waals surface area (Å²) in [5, 5.41) is 0. The number of carbonyl (C=O) groups excluding carboxylic acids is 1. The number of aromatic nitrogens is 2. The fraction of sp³-hybridized carbons (Fsp3) is 0.522. The molecule has 30 heavy (non-hydrogen) atoms. The van der Waals surface area contributed by atoms with Gasteiger partial charge in [-0.2, -0.15) is 0 Å². The minimum Gasteiger partial charge on any atom is -0.491 e. The quantitative estimate of drug-likeness (QED) is 0.652. The number of hydrogen-bond acceptors (Lipinski definition) is 6. The molecule has 2 unspecified atom stereocenters. The molecule has 2 N–H and O–H groups in total. The van der Waals surface area contributed by atoms with E-state index in [2.05, 4.69) is 16.2 Å². The summed E-state index contributed by atoms with van der Waals surface area (Å²) in [5.41, 5.74) is 5.67. The predicted octanol–water partition coefficient (Wildman–Crippen LogP) is 4.10. The standard InChI is InChI=1S/C23H31FN3O3/c1-15(12-25)11-23(6,21(28)30-22(3,4)5)14-29-20-8-7-19(27-16(20)2)17-9-10-26-13-18(17)24/h7-9,13,15H,11-12,14,25H2,1-6H3. The van der Waals surface area contributed by atoms with Gasteiger partial charge in [-0.15, -0.1) is 0 Å². The number of rotatable bonds is 8. The molecule has 2 heterocycles. The van der Waals surface area contributed by atoms with Crippen LogP contribution in [-0.4, -0.2) is 34.7 Å². The van der Waals surface area contributed by atoms with Crippen molar-refractivity contribution in [3.05, 3.63) is 42.1 Å². The summed E-state index contributed by atoms with van der Waals surface area (Å²) in [6.07, 6.45) is 4.24. The third-order valence-corrected chi connectivity index (χ3v) is 4.67. The maximum absolute atomic E-state index is 14.0. The predicted molar refractivity (Wildman–Crippen MR) is 113 cm³/mol. The molecule has 0 amide bonds. The van der Waals surface area contributed by atoms with Gasteiger partial charge in [-0.05, 0) is 71.7 Å². The molecule has 7 heteroatoms. The minimum atomic E-state index is -0.872. The second-order valence-electron chi connectivity index (χ2n) is 8.97. The summed E-state index contributed by atoms with van der Waals surface area (Å²) in [5.74, 6) is -0.152.